The number of carbonyl (C=O) groups excluding carboxylic acids is 1. The molecule has 1 aliphatic heterocycles. The van der Waals surface area contributed by atoms with Crippen molar-refractivity contribution >= 4 is 11.6 Å². The zero-order chi connectivity index (χ0) is 21.2. The number of hydrogen-bond donors (Lipinski definition) is 0. The first-order chi connectivity index (χ1) is 13.7. The summed E-state index contributed by atoms with van der Waals surface area (Å²) in [6, 6.07) is 11.0. The van der Waals surface area contributed by atoms with Gasteiger partial charge >= 0.3 is 12.8 Å². The smallest absolute Gasteiger partial charge is 0.321 e. The Balaban J connectivity index is 1.88. The molecule has 1 saturated heterocycles. The highest BCUT2D eigenvalue weighted by molar-refractivity contribution is 5.99. The summed E-state index contributed by atoms with van der Waals surface area (Å²) < 4.78 is 67.9. The van der Waals surface area contributed by atoms with Gasteiger partial charge in [-0.1, -0.05) is 29.8 Å². The molecule has 3 nitrogen and oxygen atoms in total. The number of ether oxygens (including phenoxy) is 1. The van der Waals surface area contributed by atoms with Gasteiger partial charge in [0.2, 0.25) is 5.91 Å². The number of nitrogens with zero attached hydrogens (tertiary/aromatic N) is 1. The van der Waals surface area contributed by atoms with E-state index in [0.717, 1.165) is 17.7 Å². The van der Waals surface area contributed by atoms with Gasteiger partial charge in [-0.05, 0) is 49.6 Å². The maximum absolute atomic E-state index is 13.2. The highest BCUT2D eigenvalue weighted by Crippen LogP contribution is 2.36. The van der Waals surface area contributed by atoms with E-state index in [0.29, 0.717) is 24.1 Å². The molecular weight excluding hydrogens is 393 g/mol. The van der Waals surface area contributed by atoms with Crippen LogP contribution in [0.3, 0.4) is 0 Å². The molecule has 0 radical (unpaired) electrons. The third-order valence-electron chi connectivity index (χ3n) is 5.06. The molecule has 1 fully saturated rings. The quantitative estimate of drug-likeness (QED) is 0.603. The average molecular weight is 413 g/mol. The van der Waals surface area contributed by atoms with E-state index in [2.05, 4.69) is 4.74 Å². The second-order valence-corrected chi connectivity index (χ2v) is 7.04. The maximum Gasteiger partial charge on any atom is 0.416 e. The van der Waals surface area contributed by atoms with Crippen LogP contribution in [0.25, 0.3) is 0 Å². The van der Waals surface area contributed by atoms with Crippen LogP contribution in [0.1, 0.15) is 35.4 Å². The second kappa shape index (κ2) is 8.49. The molecule has 8 heteroatoms. The lowest BCUT2D eigenvalue weighted by Gasteiger charge is -2.39. The summed E-state index contributed by atoms with van der Waals surface area (Å²) in [5.41, 5.74) is 1.19. The summed E-state index contributed by atoms with van der Waals surface area (Å²) in [6.07, 6.45) is -3.73. The Morgan fingerprint density at radius 1 is 1.03 bits per heavy atom. The molecule has 1 heterocycles. The van der Waals surface area contributed by atoms with Crippen molar-refractivity contribution in [2.45, 2.75) is 44.5 Å². The number of aryl methyl sites for hydroxylation is 1. The molecule has 156 valence electrons. The lowest BCUT2D eigenvalue weighted by atomic mass is 9.86. The number of anilines is 1. The number of amides is 1. The van der Waals surface area contributed by atoms with Crippen LogP contribution >= 0.6 is 0 Å². The van der Waals surface area contributed by atoms with Gasteiger partial charge in [0.25, 0.3) is 0 Å². The highest BCUT2D eigenvalue weighted by Gasteiger charge is 2.38. The van der Waals surface area contributed by atoms with E-state index in [1.165, 1.54) is 17.0 Å². The van der Waals surface area contributed by atoms with Crippen LogP contribution < -0.4 is 4.90 Å². The summed E-state index contributed by atoms with van der Waals surface area (Å²) >= 11 is 0. The van der Waals surface area contributed by atoms with Gasteiger partial charge in [-0.15, -0.1) is 0 Å². The number of rotatable bonds is 5. The van der Waals surface area contributed by atoms with E-state index < -0.39 is 30.3 Å². The lowest BCUT2D eigenvalue weighted by Crippen LogP contribution is -2.49. The summed E-state index contributed by atoms with van der Waals surface area (Å²) in [4.78, 5) is 14.6. The Morgan fingerprint density at radius 2 is 1.66 bits per heavy atom. The second-order valence-electron chi connectivity index (χ2n) is 7.04. The fourth-order valence-electron chi connectivity index (χ4n) is 3.56. The zero-order valence-corrected chi connectivity index (χ0v) is 15.6. The largest absolute Gasteiger partial charge is 0.416 e. The third kappa shape index (κ3) is 4.93. The first-order valence-electron chi connectivity index (χ1n) is 9.13. The van der Waals surface area contributed by atoms with Gasteiger partial charge in [-0.3, -0.25) is 4.79 Å². The minimum atomic E-state index is -4.46. The Morgan fingerprint density at radius 3 is 2.21 bits per heavy atom. The van der Waals surface area contributed by atoms with Crippen LogP contribution in [0.15, 0.2) is 48.5 Å². The van der Waals surface area contributed by atoms with Crippen LogP contribution in [0.4, 0.5) is 27.6 Å². The average Bonchev–Trinajstić information content (AvgIpc) is 2.67. The third-order valence-corrected chi connectivity index (χ3v) is 5.06. The number of alkyl halides is 5. The molecule has 2 aromatic carbocycles. The normalized spacial score (nSPS) is 20.4. The molecular formula is C21H20F5NO2. The number of benzene rings is 2. The summed E-state index contributed by atoms with van der Waals surface area (Å²) in [5, 5.41) is 0. The standard InChI is InChI=1S/C21H20F5NO2/c1-13-2-8-16(9-3-13)27-17(12-29-20(22)23)10-11-18(19(27)28)14-4-6-15(7-5-14)21(24,25)26/h2-9,17-18,20H,10-12H2,1H3. The van der Waals surface area contributed by atoms with E-state index >= 15 is 0 Å². The van der Waals surface area contributed by atoms with Crippen molar-refractivity contribution in [3.63, 3.8) is 0 Å². The van der Waals surface area contributed by atoms with Crippen LogP contribution in [0.5, 0.6) is 0 Å². The van der Waals surface area contributed by atoms with Gasteiger partial charge in [0.1, 0.15) is 0 Å². The Labute approximate surface area is 165 Å². The topological polar surface area (TPSA) is 29.5 Å². The van der Waals surface area contributed by atoms with E-state index in [1.807, 2.05) is 6.92 Å². The SMILES string of the molecule is Cc1ccc(N2C(=O)C(c3ccc(C(F)(F)F)cc3)CCC2COC(F)F)cc1. The van der Waals surface area contributed by atoms with Crippen LogP contribution in [-0.4, -0.2) is 25.2 Å². The predicted octanol–water partition coefficient (Wildman–Crippen LogP) is 5.53. The van der Waals surface area contributed by atoms with Crippen LogP contribution in [-0.2, 0) is 15.7 Å². The minimum absolute atomic E-state index is 0.322. The molecule has 2 aromatic rings. The Kier molecular flexibility index (Phi) is 6.21. The fraction of sp³-hybridized carbons (Fsp3) is 0.381. The molecule has 0 aromatic heterocycles. The van der Waals surface area contributed by atoms with Crippen molar-refractivity contribution in [3.8, 4) is 0 Å². The predicted molar refractivity (Wildman–Crippen MR) is 97.8 cm³/mol. The summed E-state index contributed by atoms with van der Waals surface area (Å²) in [5.74, 6) is -0.996. The van der Waals surface area contributed by atoms with Crippen molar-refractivity contribution in [1.29, 1.82) is 0 Å². The first kappa shape index (κ1) is 21.2. The van der Waals surface area contributed by atoms with Crippen molar-refractivity contribution in [2.24, 2.45) is 0 Å². The molecule has 0 aliphatic carbocycles. The number of hydrogen-bond acceptors (Lipinski definition) is 2. The molecule has 2 unspecified atom stereocenters. The van der Waals surface area contributed by atoms with Crippen LogP contribution in [0, 0.1) is 6.92 Å². The molecule has 29 heavy (non-hydrogen) atoms. The van der Waals surface area contributed by atoms with Gasteiger partial charge in [0, 0.05) is 5.69 Å². The van der Waals surface area contributed by atoms with Crippen molar-refractivity contribution in [3.05, 3.63) is 65.2 Å². The van der Waals surface area contributed by atoms with Gasteiger partial charge in [-0.25, -0.2) is 0 Å². The molecule has 2 atom stereocenters. The van der Waals surface area contributed by atoms with Gasteiger partial charge in [0.15, 0.2) is 0 Å². The molecule has 0 bridgehead atoms. The van der Waals surface area contributed by atoms with Crippen molar-refractivity contribution in [1.82, 2.24) is 0 Å². The molecule has 3 rings (SSSR count). The number of piperidine rings is 1. The van der Waals surface area contributed by atoms with Gasteiger partial charge in [0.05, 0.1) is 24.1 Å². The first-order valence-corrected chi connectivity index (χ1v) is 9.13. The number of halogens is 5. The Hall–Kier alpha value is -2.48. The maximum atomic E-state index is 13.2. The molecule has 1 amide bonds. The van der Waals surface area contributed by atoms with Crippen molar-refractivity contribution < 1.29 is 31.5 Å². The lowest BCUT2D eigenvalue weighted by molar-refractivity contribution is -0.138. The van der Waals surface area contributed by atoms with E-state index in [-0.39, 0.29) is 12.5 Å². The summed E-state index contributed by atoms with van der Waals surface area (Å²) in [7, 11) is 0. The van der Waals surface area contributed by atoms with E-state index in [1.54, 1.807) is 24.3 Å². The van der Waals surface area contributed by atoms with E-state index in [9.17, 15) is 26.7 Å². The molecule has 0 N–H and O–H groups in total. The minimum Gasteiger partial charge on any atom is -0.321 e. The van der Waals surface area contributed by atoms with E-state index in [4.69, 9.17) is 0 Å². The van der Waals surface area contributed by atoms with Crippen LogP contribution in [0.2, 0.25) is 0 Å². The molecule has 0 spiro atoms. The molecule has 1 aliphatic rings. The summed E-state index contributed by atoms with van der Waals surface area (Å²) in [6.45, 7) is -1.39. The Bertz CT molecular complexity index is 834. The monoisotopic (exact) mass is 413 g/mol. The van der Waals surface area contributed by atoms with Gasteiger partial charge < -0.3 is 9.64 Å². The van der Waals surface area contributed by atoms with Crippen molar-refractivity contribution in [2.75, 3.05) is 11.5 Å². The fourth-order valence-corrected chi connectivity index (χ4v) is 3.56. The van der Waals surface area contributed by atoms with Gasteiger partial charge in [-0.2, -0.15) is 22.0 Å². The zero-order valence-electron chi connectivity index (χ0n) is 15.6. The molecule has 0 saturated carbocycles. The highest BCUT2D eigenvalue weighted by atomic mass is 19.4. The number of carbonyl (C=O) groups is 1.